The van der Waals surface area contributed by atoms with Crippen LogP contribution in [0.15, 0.2) is 42.5 Å². The van der Waals surface area contributed by atoms with Gasteiger partial charge in [-0.05, 0) is 35.9 Å². The standard InChI is InChI=1S/C16H15ClFN3O2/c17-13-6-5-12(8-14(13)21-16(23)9-19)20-15(22)7-10-1-3-11(18)4-2-10/h1-6,8H,7,9,19H2,(H,20,22)(H,21,23). The number of hydrogen-bond acceptors (Lipinski definition) is 3. The third kappa shape index (κ3) is 5.05. The van der Waals surface area contributed by atoms with Crippen LogP contribution < -0.4 is 16.4 Å². The van der Waals surface area contributed by atoms with E-state index in [1.54, 1.807) is 30.3 Å². The van der Waals surface area contributed by atoms with Gasteiger partial charge in [0.15, 0.2) is 0 Å². The van der Waals surface area contributed by atoms with Gasteiger partial charge in [0.05, 0.1) is 23.7 Å². The van der Waals surface area contributed by atoms with Crippen LogP contribution in [-0.2, 0) is 16.0 Å². The van der Waals surface area contributed by atoms with Gasteiger partial charge in [-0.25, -0.2) is 4.39 Å². The Balaban J connectivity index is 2.04. The summed E-state index contributed by atoms with van der Waals surface area (Å²) >= 11 is 5.97. The number of rotatable bonds is 5. The van der Waals surface area contributed by atoms with Crippen LogP contribution >= 0.6 is 11.6 Å². The van der Waals surface area contributed by atoms with Gasteiger partial charge >= 0.3 is 0 Å². The lowest BCUT2D eigenvalue weighted by molar-refractivity contribution is -0.116. The molecule has 0 bridgehead atoms. The zero-order chi connectivity index (χ0) is 16.8. The average Bonchev–Trinajstić information content (AvgIpc) is 2.52. The molecule has 0 aliphatic rings. The van der Waals surface area contributed by atoms with Crippen LogP contribution in [0.1, 0.15) is 5.56 Å². The first-order valence-electron chi connectivity index (χ1n) is 6.81. The van der Waals surface area contributed by atoms with Crippen molar-refractivity contribution < 1.29 is 14.0 Å². The lowest BCUT2D eigenvalue weighted by atomic mass is 10.1. The van der Waals surface area contributed by atoms with Gasteiger partial charge in [-0.15, -0.1) is 0 Å². The molecule has 0 fully saturated rings. The molecule has 0 radical (unpaired) electrons. The minimum absolute atomic E-state index is 0.105. The van der Waals surface area contributed by atoms with E-state index in [2.05, 4.69) is 10.6 Å². The molecule has 0 aromatic heterocycles. The monoisotopic (exact) mass is 335 g/mol. The number of carbonyl (C=O) groups excluding carboxylic acids is 2. The minimum Gasteiger partial charge on any atom is -0.326 e. The second-order valence-corrected chi connectivity index (χ2v) is 5.21. The Morgan fingerprint density at radius 3 is 2.39 bits per heavy atom. The van der Waals surface area contributed by atoms with E-state index >= 15 is 0 Å². The molecular formula is C16H15ClFN3O2. The zero-order valence-corrected chi connectivity index (χ0v) is 12.9. The van der Waals surface area contributed by atoms with Crippen molar-refractivity contribution in [2.24, 2.45) is 5.73 Å². The number of carbonyl (C=O) groups is 2. The average molecular weight is 336 g/mol. The summed E-state index contributed by atoms with van der Waals surface area (Å²) in [4.78, 5) is 23.3. The lowest BCUT2D eigenvalue weighted by Gasteiger charge is -2.10. The Labute approximate surface area is 137 Å². The Morgan fingerprint density at radius 2 is 1.74 bits per heavy atom. The number of anilines is 2. The van der Waals surface area contributed by atoms with Crippen molar-refractivity contribution in [1.82, 2.24) is 0 Å². The van der Waals surface area contributed by atoms with Crippen LogP contribution in [0.3, 0.4) is 0 Å². The third-order valence-electron chi connectivity index (χ3n) is 2.99. The maximum absolute atomic E-state index is 12.8. The van der Waals surface area contributed by atoms with E-state index in [1.807, 2.05) is 0 Å². The van der Waals surface area contributed by atoms with E-state index in [-0.39, 0.29) is 30.6 Å². The van der Waals surface area contributed by atoms with Crippen LogP contribution in [0.25, 0.3) is 0 Å². The summed E-state index contributed by atoms with van der Waals surface area (Å²) in [5.74, 6) is -1.01. The highest BCUT2D eigenvalue weighted by Crippen LogP contribution is 2.25. The second-order valence-electron chi connectivity index (χ2n) is 4.80. The molecule has 0 aliphatic carbocycles. The Hall–Kier alpha value is -2.44. The first kappa shape index (κ1) is 16.9. The van der Waals surface area contributed by atoms with E-state index in [4.69, 9.17) is 17.3 Å². The van der Waals surface area contributed by atoms with Crippen LogP contribution in [0, 0.1) is 5.82 Å². The fourth-order valence-corrected chi connectivity index (χ4v) is 2.06. The lowest BCUT2D eigenvalue weighted by Crippen LogP contribution is -2.22. The van der Waals surface area contributed by atoms with Gasteiger partial charge in [-0.1, -0.05) is 23.7 Å². The first-order valence-corrected chi connectivity index (χ1v) is 7.19. The van der Waals surface area contributed by atoms with Crippen molar-refractivity contribution in [2.45, 2.75) is 6.42 Å². The van der Waals surface area contributed by atoms with Gasteiger partial charge < -0.3 is 16.4 Å². The van der Waals surface area contributed by atoms with Crippen molar-refractivity contribution >= 4 is 34.8 Å². The highest BCUT2D eigenvalue weighted by Gasteiger charge is 2.08. The number of halogens is 2. The molecule has 0 aliphatic heterocycles. The second kappa shape index (κ2) is 7.71. The quantitative estimate of drug-likeness (QED) is 0.785. The molecule has 2 amide bonds. The molecule has 0 unspecified atom stereocenters. The first-order chi connectivity index (χ1) is 11.0. The summed E-state index contributed by atoms with van der Waals surface area (Å²) in [5, 5.41) is 5.57. The molecule has 7 heteroatoms. The molecule has 23 heavy (non-hydrogen) atoms. The fraction of sp³-hybridized carbons (Fsp3) is 0.125. The maximum atomic E-state index is 12.8. The summed E-state index contributed by atoms with van der Waals surface area (Å²) in [7, 11) is 0. The number of hydrogen-bond donors (Lipinski definition) is 3. The number of amides is 2. The molecule has 5 nitrogen and oxygen atoms in total. The summed E-state index contributed by atoms with van der Waals surface area (Å²) < 4.78 is 12.8. The van der Waals surface area contributed by atoms with E-state index in [9.17, 15) is 14.0 Å². The smallest absolute Gasteiger partial charge is 0.238 e. The fourth-order valence-electron chi connectivity index (χ4n) is 1.89. The van der Waals surface area contributed by atoms with Gasteiger partial charge in [0.2, 0.25) is 11.8 Å². The summed E-state index contributed by atoms with van der Waals surface area (Å²) in [5.41, 5.74) is 6.77. The molecule has 2 rings (SSSR count). The van der Waals surface area contributed by atoms with Gasteiger partial charge in [0.1, 0.15) is 5.82 Å². The van der Waals surface area contributed by atoms with E-state index < -0.39 is 0 Å². The zero-order valence-electron chi connectivity index (χ0n) is 12.1. The van der Waals surface area contributed by atoms with Gasteiger partial charge in [0, 0.05) is 5.69 Å². The van der Waals surface area contributed by atoms with Gasteiger partial charge in [-0.2, -0.15) is 0 Å². The van der Waals surface area contributed by atoms with Gasteiger partial charge in [0.25, 0.3) is 0 Å². The van der Waals surface area contributed by atoms with Gasteiger partial charge in [-0.3, -0.25) is 9.59 Å². The summed E-state index contributed by atoms with van der Waals surface area (Å²) in [6, 6.07) is 10.4. The Kier molecular flexibility index (Phi) is 5.67. The van der Waals surface area contributed by atoms with Crippen molar-refractivity contribution in [2.75, 3.05) is 17.2 Å². The molecule has 2 aromatic carbocycles. The van der Waals surface area contributed by atoms with Crippen molar-refractivity contribution in [3.8, 4) is 0 Å². The largest absolute Gasteiger partial charge is 0.326 e. The van der Waals surface area contributed by atoms with E-state index in [1.165, 1.54) is 12.1 Å². The Bertz CT molecular complexity index is 720. The normalized spacial score (nSPS) is 10.2. The molecule has 0 heterocycles. The predicted molar refractivity (Wildman–Crippen MR) is 87.9 cm³/mol. The highest BCUT2D eigenvalue weighted by molar-refractivity contribution is 6.33. The third-order valence-corrected chi connectivity index (χ3v) is 3.32. The van der Waals surface area contributed by atoms with Crippen LogP contribution in [-0.4, -0.2) is 18.4 Å². The molecular weight excluding hydrogens is 321 g/mol. The number of nitrogens with one attached hydrogen (secondary N) is 2. The van der Waals surface area contributed by atoms with Crippen molar-refractivity contribution in [1.29, 1.82) is 0 Å². The van der Waals surface area contributed by atoms with E-state index in [0.29, 0.717) is 22.0 Å². The number of nitrogens with two attached hydrogens (primary N) is 1. The SMILES string of the molecule is NCC(=O)Nc1cc(NC(=O)Cc2ccc(F)cc2)ccc1Cl. The molecule has 120 valence electrons. The molecule has 0 saturated heterocycles. The van der Waals surface area contributed by atoms with E-state index in [0.717, 1.165) is 0 Å². The predicted octanol–water partition coefficient (Wildman–Crippen LogP) is 2.56. The highest BCUT2D eigenvalue weighted by atomic mass is 35.5. The topological polar surface area (TPSA) is 84.2 Å². The minimum atomic E-state index is -0.387. The molecule has 0 atom stereocenters. The molecule has 0 saturated carbocycles. The van der Waals surface area contributed by atoms with Crippen molar-refractivity contribution in [3.05, 3.63) is 58.9 Å². The van der Waals surface area contributed by atoms with Crippen molar-refractivity contribution in [3.63, 3.8) is 0 Å². The molecule has 4 N–H and O–H groups in total. The Morgan fingerprint density at radius 1 is 1.04 bits per heavy atom. The maximum Gasteiger partial charge on any atom is 0.238 e. The van der Waals surface area contributed by atoms with Crippen LogP contribution in [0.2, 0.25) is 5.02 Å². The number of benzene rings is 2. The summed E-state index contributed by atoms with van der Waals surface area (Å²) in [6.07, 6.45) is 0.105. The van der Waals surface area contributed by atoms with Crippen LogP contribution in [0.5, 0.6) is 0 Å². The summed E-state index contributed by atoms with van der Waals surface area (Å²) in [6.45, 7) is -0.169. The molecule has 2 aromatic rings. The van der Waals surface area contributed by atoms with Crippen LogP contribution in [0.4, 0.5) is 15.8 Å². The molecule has 0 spiro atoms.